The molecule has 0 radical (unpaired) electrons. The molecule has 5 nitrogen and oxygen atoms in total. The minimum absolute atomic E-state index is 0.381. The Bertz CT molecular complexity index is 501. The van der Waals surface area contributed by atoms with E-state index < -0.39 is 0 Å². The molecule has 2 rings (SSSR count). The standard InChI is InChI=1S/C16H28N3O2S/c1-4-5-6-7-11-21-16-15(17-22-18-16)14-9-8-10-19(3,12-14)13(2)20/h9,13,20H,4-8,10-12H2,1-3H3/q+1. The molecule has 0 saturated heterocycles. The van der Waals surface area contributed by atoms with Crippen LogP contribution in [0.5, 0.6) is 5.88 Å². The Morgan fingerprint density at radius 3 is 2.91 bits per heavy atom. The lowest BCUT2D eigenvalue weighted by Gasteiger charge is -2.39. The van der Waals surface area contributed by atoms with Gasteiger partial charge < -0.3 is 9.84 Å². The first kappa shape index (κ1) is 17.4. The van der Waals surface area contributed by atoms with Crippen molar-refractivity contribution in [2.75, 3.05) is 26.7 Å². The highest BCUT2D eigenvalue weighted by Crippen LogP contribution is 2.30. The Labute approximate surface area is 137 Å². The molecule has 1 aromatic heterocycles. The van der Waals surface area contributed by atoms with Crippen LogP contribution in [-0.4, -0.2) is 51.3 Å². The summed E-state index contributed by atoms with van der Waals surface area (Å²) in [4.78, 5) is 0. The average molecular weight is 326 g/mol. The lowest BCUT2D eigenvalue weighted by Crippen LogP contribution is -2.53. The van der Waals surface area contributed by atoms with Crippen molar-refractivity contribution >= 4 is 17.3 Å². The van der Waals surface area contributed by atoms with Crippen molar-refractivity contribution in [3.63, 3.8) is 0 Å². The predicted octanol–water partition coefficient (Wildman–Crippen LogP) is 3.07. The lowest BCUT2D eigenvalue weighted by molar-refractivity contribution is -0.946. The smallest absolute Gasteiger partial charge is 0.253 e. The molecule has 0 aliphatic carbocycles. The molecular weight excluding hydrogens is 298 g/mol. The lowest BCUT2D eigenvalue weighted by atomic mass is 10.0. The van der Waals surface area contributed by atoms with Crippen LogP contribution >= 0.6 is 11.7 Å². The van der Waals surface area contributed by atoms with Gasteiger partial charge in [0.25, 0.3) is 5.88 Å². The van der Waals surface area contributed by atoms with Crippen LogP contribution in [-0.2, 0) is 0 Å². The first-order valence-electron chi connectivity index (χ1n) is 8.24. The van der Waals surface area contributed by atoms with Gasteiger partial charge in [0.2, 0.25) is 0 Å². The van der Waals surface area contributed by atoms with Crippen molar-refractivity contribution in [1.29, 1.82) is 0 Å². The minimum Gasteiger partial charge on any atom is -0.475 e. The fourth-order valence-electron chi connectivity index (χ4n) is 2.73. The van der Waals surface area contributed by atoms with Crippen molar-refractivity contribution < 1.29 is 14.3 Å². The molecule has 6 heteroatoms. The monoisotopic (exact) mass is 326 g/mol. The molecular formula is C16H28N3O2S+. The molecule has 124 valence electrons. The second-order valence-electron chi connectivity index (χ2n) is 6.34. The quantitative estimate of drug-likeness (QED) is 0.589. The highest BCUT2D eigenvalue weighted by atomic mass is 32.1. The molecule has 0 spiro atoms. The summed E-state index contributed by atoms with van der Waals surface area (Å²) in [6.45, 7) is 6.49. The van der Waals surface area contributed by atoms with Gasteiger partial charge in [-0.05, 0) is 6.42 Å². The second-order valence-corrected chi connectivity index (χ2v) is 6.87. The predicted molar refractivity (Wildman–Crippen MR) is 89.7 cm³/mol. The van der Waals surface area contributed by atoms with Crippen molar-refractivity contribution in [1.82, 2.24) is 8.75 Å². The van der Waals surface area contributed by atoms with Crippen LogP contribution in [0.3, 0.4) is 0 Å². The largest absolute Gasteiger partial charge is 0.475 e. The summed E-state index contributed by atoms with van der Waals surface area (Å²) < 4.78 is 15.2. The summed E-state index contributed by atoms with van der Waals surface area (Å²) in [6, 6.07) is 0. The van der Waals surface area contributed by atoms with Gasteiger partial charge in [0, 0.05) is 18.9 Å². The molecule has 0 saturated carbocycles. The number of aromatic nitrogens is 2. The fourth-order valence-corrected chi connectivity index (χ4v) is 3.26. The topological polar surface area (TPSA) is 55.2 Å². The van der Waals surface area contributed by atoms with Crippen LogP contribution < -0.4 is 4.74 Å². The van der Waals surface area contributed by atoms with Crippen LogP contribution in [0, 0.1) is 0 Å². The molecule has 22 heavy (non-hydrogen) atoms. The highest BCUT2D eigenvalue weighted by molar-refractivity contribution is 6.99. The first-order valence-corrected chi connectivity index (χ1v) is 8.97. The van der Waals surface area contributed by atoms with Gasteiger partial charge in [-0.25, -0.2) is 0 Å². The first-order chi connectivity index (χ1) is 10.6. The van der Waals surface area contributed by atoms with Gasteiger partial charge in [-0.1, -0.05) is 32.3 Å². The maximum atomic E-state index is 10.0. The number of ether oxygens (including phenoxy) is 1. The highest BCUT2D eigenvalue weighted by Gasteiger charge is 2.33. The number of rotatable bonds is 8. The Hall–Kier alpha value is -0.980. The summed E-state index contributed by atoms with van der Waals surface area (Å²) in [6.07, 6.45) is 7.52. The number of quaternary nitrogens is 1. The number of likely N-dealkylation sites (N-methyl/N-ethyl adjacent to an activating group) is 1. The van der Waals surface area contributed by atoms with Crippen LogP contribution in [0.15, 0.2) is 6.08 Å². The van der Waals surface area contributed by atoms with Gasteiger partial charge in [-0.2, -0.15) is 4.37 Å². The second kappa shape index (κ2) is 8.04. The maximum Gasteiger partial charge on any atom is 0.253 e. The SMILES string of the molecule is CCCCCCOc1nsnc1C1=CCC[N+](C)(C(C)O)C1. The van der Waals surface area contributed by atoms with E-state index in [9.17, 15) is 5.11 Å². The van der Waals surface area contributed by atoms with Gasteiger partial charge in [-0.15, -0.1) is 4.37 Å². The van der Waals surface area contributed by atoms with E-state index in [0.29, 0.717) is 17.0 Å². The van der Waals surface area contributed by atoms with Crippen LogP contribution in [0.2, 0.25) is 0 Å². The number of hydrogen-bond acceptors (Lipinski definition) is 5. The van der Waals surface area contributed by atoms with E-state index in [4.69, 9.17) is 4.74 Å². The van der Waals surface area contributed by atoms with Crippen molar-refractivity contribution in [2.45, 2.75) is 52.2 Å². The molecule has 0 amide bonds. The summed E-state index contributed by atoms with van der Waals surface area (Å²) >= 11 is 1.20. The third-order valence-corrected chi connectivity index (χ3v) is 4.98. The Kier molecular flexibility index (Phi) is 6.35. The van der Waals surface area contributed by atoms with Gasteiger partial charge in [-0.3, -0.25) is 4.48 Å². The van der Waals surface area contributed by atoms with Gasteiger partial charge in [0.1, 0.15) is 12.2 Å². The molecule has 1 aliphatic heterocycles. The summed E-state index contributed by atoms with van der Waals surface area (Å²) in [7, 11) is 2.09. The van der Waals surface area contributed by atoms with Crippen LogP contribution in [0.1, 0.15) is 51.6 Å². The number of aliphatic hydroxyl groups excluding tert-OH is 1. The molecule has 2 unspecified atom stereocenters. The molecule has 0 aromatic carbocycles. The molecule has 2 heterocycles. The van der Waals surface area contributed by atoms with E-state index in [1.165, 1.54) is 31.0 Å². The Balaban J connectivity index is 1.98. The van der Waals surface area contributed by atoms with Crippen molar-refractivity contribution in [3.05, 3.63) is 11.8 Å². The Morgan fingerprint density at radius 1 is 1.36 bits per heavy atom. The van der Waals surface area contributed by atoms with Gasteiger partial charge in [0.15, 0.2) is 6.23 Å². The van der Waals surface area contributed by atoms with E-state index >= 15 is 0 Å². The molecule has 1 aliphatic rings. The number of aliphatic hydroxyl groups is 1. The van der Waals surface area contributed by atoms with Crippen LogP contribution in [0.4, 0.5) is 0 Å². The molecule has 2 atom stereocenters. The third-order valence-electron chi connectivity index (χ3n) is 4.46. The Morgan fingerprint density at radius 2 is 2.18 bits per heavy atom. The van der Waals surface area contributed by atoms with E-state index in [2.05, 4.69) is 28.8 Å². The number of unbranched alkanes of at least 4 members (excludes halogenated alkanes) is 3. The molecule has 1 aromatic rings. The fraction of sp³-hybridized carbons (Fsp3) is 0.750. The number of hydrogen-bond donors (Lipinski definition) is 1. The summed E-state index contributed by atoms with van der Waals surface area (Å²) in [5.74, 6) is 0.659. The van der Waals surface area contributed by atoms with Gasteiger partial charge in [0.05, 0.1) is 31.9 Å². The zero-order chi connectivity index (χ0) is 16.0. The average Bonchev–Trinajstić information content (AvgIpc) is 2.95. The zero-order valence-corrected chi connectivity index (χ0v) is 14.7. The van der Waals surface area contributed by atoms with Crippen LogP contribution in [0.25, 0.3) is 5.57 Å². The zero-order valence-electron chi connectivity index (χ0n) is 13.9. The number of nitrogens with zero attached hydrogens (tertiary/aromatic N) is 3. The van der Waals surface area contributed by atoms with Crippen molar-refractivity contribution in [3.8, 4) is 5.88 Å². The van der Waals surface area contributed by atoms with E-state index in [1.54, 1.807) is 0 Å². The molecule has 1 N–H and O–H groups in total. The molecule has 0 fully saturated rings. The normalized spacial score (nSPS) is 23.2. The van der Waals surface area contributed by atoms with E-state index in [-0.39, 0.29) is 6.23 Å². The third kappa shape index (κ3) is 4.27. The molecule has 0 bridgehead atoms. The maximum absolute atomic E-state index is 10.0. The van der Waals surface area contributed by atoms with Crippen molar-refractivity contribution in [2.24, 2.45) is 0 Å². The van der Waals surface area contributed by atoms with E-state index in [1.807, 2.05) is 6.92 Å². The van der Waals surface area contributed by atoms with E-state index in [0.717, 1.165) is 37.2 Å². The summed E-state index contributed by atoms with van der Waals surface area (Å²) in [5, 5.41) is 10.0. The van der Waals surface area contributed by atoms with Gasteiger partial charge >= 0.3 is 0 Å². The summed E-state index contributed by atoms with van der Waals surface area (Å²) in [5.41, 5.74) is 2.01. The minimum atomic E-state index is -0.381.